The first-order valence-corrected chi connectivity index (χ1v) is 13.9. The fourth-order valence-electron chi connectivity index (χ4n) is 5.05. The fourth-order valence-corrected chi connectivity index (χ4v) is 5.05. The van der Waals surface area contributed by atoms with E-state index in [-0.39, 0.29) is 24.1 Å². The molecule has 2 aromatic heterocycles. The summed E-state index contributed by atoms with van der Waals surface area (Å²) in [5.41, 5.74) is 5.43. The van der Waals surface area contributed by atoms with E-state index in [1.165, 1.54) is 18.3 Å². The Kier molecular flexibility index (Phi) is 8.22. The number of nitrogens with one attached hydrogen (secondary N) is 3. The Balaban J connectivity index is 1.63. The van der Waals surface area contributed by atoms with Gasteiger partial charge in [0, 0.05) is 35.4 Å². The van der Waals surface area contributed by atoms with Crippen molar-refractivity contribution in [1.29, 1.82) is 0 Å². The molecule has 0 radical (unpaired) electrons. The van der Waals surface area contributed by atoms with Gasteiger partial charge in [0.1, 0.15) is 5.82 Å². The van der Waals surface area contributed by atoms with Crippen LogP contribution in [0.1, 0.15) is 34.0 Å². The summed E-state index contributed by atoms with van der Waals surface area (Å²) in [6.45, 7) is 5.67. The largest absolute Gasteiger partial charge is 0.355 e. The fraction of sp³-hybridized carbons (Fsp3) is 0.212. The van der Waals surface area contributed by atoms with Gasteiger partial charge in [0.25, 0.3) is 11.5 Å². The van der Waals surface area contributed by atoms with Crippen molar-refractivity contribution in [3.63, 3.8) is 0 Å². The van der Waals surface area contributed by atoms with Crippen molar-refractivity contribution in [1.82, 2.24) is 24.8 Å². The number of benzene rings is 3. The highest BCUT2D eigenvalue weighted by Gasteiger charge is 2.19. The Bertz CT molecular complexity index is 1930. The number of carbonyl (C=O) groups is 2. The topological polar surface area (TPSA) is 110 Å². The minimum absolute atomic E-state index is 0.0961. The molecule has 0 fully saturated rings. The Hall–Kier alpha value is -5.09. The molecule has 43 heavy (non-hydrogen) atoms. The maximum Gasteiger partial charge on any atom is 0.294 e. The summed E-state index contributed by atoms with van der Waals surface area (Å²) in [6, 6.07) is 17.2. The van der Waals surface area contributed by atoms with Gasteiger partial charge in [-0.1, -0.05) is 18.2 Å². The molecule has 2 heterocycles. The second-order valence-corrected chi connectivity index (χ2v) is 10.5. The van der Waals surface area contributed by atoms with Crippen molar-refractivity contribution < 1.29 is 14.0 Å². The predicted molar refractivity (Wildman–Crippen MR) is 166 cm³/mol. The van der Waals surface area contributed by atoms with Gasteiger partial charge in [-0.3, -0.25) is 19.0 Å². The van der Waals surface area contributed by atoms with Crippen molar-refractivity contribution >= 4 is 28.5 Å². The lowest BCUT2D eigenvalue weighted by molar-refractivity contribution is -0.117. The quantitative estimate of drug-likeness (QED) is 0.249. The van der Waals surface area contributed by atoms with Gasteiger partial charge in [-0.05, 0) is 87.0 Å². The second-order valence-electron chi connectivity index (χ2n) is 10.5. The number of amides is 2. The molecule has 0 aliphatic carbocycles. The number of carbonyl (C=O) groups excluding carboxylic acids is 2. The molecule has 0 unspecified atom stereocenters. The molecule has 0 aliphatic rings. The third-order valence-corrected chi connectivity index (χ3v) is 7.62. The van der Waals surface area contributed by atoms with E-state index in [4.69, 9.17) is 0 Å². The molecule has 3 N–H and O–H groups in total. The Labute approximate surface area is 248 Å². The Morgan fingerprint density at radius 1 is 1.00 bits per heavy atom. The van der Waals surface area contributed by atoms with E-state index in [2.05, 4.69) is 20.9 Å². The average molecular weight is 581 g/mol. The molecule has 9 nitrogen and oxygen atoms in total. The maximum absolute atomic E-state index is 13.9. The average Bonchev–Trinajstić information content (AvgIpc) is 3.34. The molecule has 0 spiro atoms. The van der Waals surface area contributed by atoms with Crippen molar-refractivity contribution in [3.05, 3.63) is 111 Å². The van der Waals surface area contributed by atoms with E-state index in [0.29, 0.717) is 16.8 Å². The second kappa shape index (κ2) is 12.0. The summed E-state index contributed by atoms with van der Waals surface area (Å²) in [4.78, 5) is 43.3. The molecule has 2 amide bonds. The van der Waals surface area contributed by atoms with Gasteiger partial charge in [-0.2, -0.15) is 0 Å². The number of aromatic nitrogens is 3. The van der Waals surface area contributed by atoms with Crippen LogP contribution in [0.3, 0.4) is 0 Å². The molecule has 0 bridgehead atoms. The Morgan fingerprint density at radius 2 is 1.79 bits per heavy atom. The summed E-state index contributed by atoms with van der Waals surface area (Å²) >= 11 is 0. The number of fused-ring (bicyclic) bond motifs is 1. The molecule has 10 heteroatoms. The van der Waals surface area contributed by atoms with Crippen LogP contribution in [0.2, 0.25) is 0 Å². The molecular formula is C33H33FN6O3. The molecule has 0 aliphatic heterocycles. The lowest BCUT2D eigenvalue weighted by Gasteiger charge is -2.18. The highest BCUT2D eigenvalue weighted by molar-refractivity contribution is 5.96. The van der Waals surface area contributed by atoms with Crippen LogP contribution < -0.4 is 21.5 Å². The van der Waals surface area contributed by atoms with Crippen LogP contribution in [0, 0.1) is 19.7 Å². The summed E-state index contributed by atoms with van der Waals surface area (Å²) < 4.78 is 17.5. The van der Waals surface area contributed by atoms with E-state index < -0.39 is 17.5 Å². The van der Waals surface area contributed by atoms with Gasteiger partial charge in [0.15, 0.2) is 5.82 Å². The molecule has 0 saturated heterocycles. The molecule has 1 atom stereocenters. The number of anilines is 1. The summed E-state index contributed by atoms with van der Waals surface area (Å²) in [5, 5.41) is 8.95. The normalized spacial score (nSPS) is 11.9. The first-order valence-electron chi connectivity index (χ1n) is 13.9. The van der Waals surface area contributed by atoms with Crippen molar-refractivity contribution in [2.45, 2.75) is 33.4 Å². The third-order valence-electron chi connectivity index (χ3n) is 7.62. The van der Waals surface area contributed by atoms with Gasteiger partial charge >= 0.3 is 0 Å². The number of hydrogen-bond donors (Lipinski definition) is 3. The van der Waals surface area contributed by atoms with Gasteiger partial charge < -0.3 is 20.5 Å². The standard InChI is InChI=1S/C33H33FN6O3/c1-19-9-10-23(32(42)36-5)14-26(19)29-16-37-30(38-31(41)21(3)35-4)33(43)40(29)18-22-7-6-8-25(13-22)39-17-20(2)27-15-24(34)11-12-28(27)39/h6-17,21,35H,18H2,1-5H3,(H,36,42)(H,37,38,41)/t21-/m0/s1. The molecule has 220 valence electrons. The van der Waals surface area contributed by atoms with Crippen molar-refractivity contribution in [2.24, 2.45) is 0 Å². The number of aryl methyl sites for hydroxylation is 2. The molecule has 5 rings (SSSR count). The van der Waals surface area contributed by atoms with Crippen molar-refractivity contribution in [3.8, 4) is 16.9 Å². The summed E-state index contributed by atoms with van der Waals surface area (Å²) in [7, 11) is 3.21. The minimum atomic E-state index is -0.536. The summed E-state index contributed by atoms with van der Waals surface area (Å²) in [6.07, 6.45) is 3.50. The smallest absolute Gasteiger partial charge is 0.294 e. The zero-order chi connectivity index (χ0) is 30.8. The van der Waals surface area contributed by atoms with Crippen LogP contribution in [0.4, 0.5) is 10.2 Å². The van der Waals surface area contributed by atoms with Crippen molar-refractivity contribution in [2.75, 3.05) is 19.4 Å². The van der Waals surface area contributed by atoms with Crippen LogP contribution in [0.15, 0.2) is 77.9 Å². The Morgan fingerprint density at radius 3 is 2.53 bits per heavy atom. The van der Waals surface area contributed by atoms with Crippen LogP contribution in [-0.4, -0.2) is 46.1 Å². The minimum Gasteiger partial charge on any atom is -0.355 e. The number of nitrogens with zero attached hydrogens (tertiary/aromatic N) is 3. The first kappa shape index (κ1) is 29.4. The van der Waals surface area contributed by atoms with E-state index in [9.17, 15) is 18.8 Å². The first-order chi connectivity index (χ1) is 20.6. The van der Waals surface area contributed by atoms with Gasteiger partial charge in [0.05, 0.1) is 30.0 Å². The van der Waals surface area contributed by atoms with Crippen LogP contribution in [0.25, 0.3) is 27.8 Å². The SMILES string of the molecule is CNC(=O)c1ccc(C)c(-c2cnc(NC(=O)[C@H](C)NC)c(=O)n2Cc2cccc(-n3cc(C)c4cc(F)ccc43)c2)c1. The molecule has 0 saturated carbocycles. The van der Waals surface area contributed by atoms with Crippen LogP contribution >= 0.6 is 0 Å². The maximum atomic E-state index is 13.9. The predicted octanol–water partition coefficient (Wildman–Crippen LogP) is 4.56. The number of halogens is 1. The van der Waals surface area contributed by atoms with E-state index in [1.54, 1.807) is 43.8 Å². The van der Waals surface area contributed by atoms with Gasteiger partial charge in [-0.15, -0.1) is 0 Å². The number of rotatable bonds is 8. The van der Waals surface area contributed by atoms with Crippen LogP contribution in [-0.2, 0) is 11.3 Å². The molecule has 5 aromatic rings. The lowest BCUT2D eigenvalue weighted by atomic mass is 10.0. The molecule has 3 aromatic carbocycles. The summed E-state index contributed by atoms with van der Waals surface area (Å²) in [5.74, 6) is -1.04. The lowest BCUT2D eigenvalue weighted by Crippen LogP contribution is -2.38. The molecular weight excluding hydrogens is 547 g/mol. The van der Waals surface area contributed by atoms with E-state index in [1.807, 2.05) is 54.9 Å². The monoisotopic (exact) mass is 580 g/mol. The third kappa shape index (κ3) is 5.82. The zero-order valence-electron chi connectivity index (χ0n) is 24.7. The zero-order valence-corrected chi connectivity index (χ0v) is 24.7. The van der Waals surface area contributed by atoms with E-state index in [0.717, 1.165) is 33.3 Å². The van der Waals surface area contributed by atoms with Crippen LogP contribution in [0.5, 0.6) is 0 Å². The highest BCUT2D eigenvalue weighted by atomic mass is 19.1. The van der Waals surface area contributed by atoms with Gasteiger partial charge in [-0.25, -0.2) is 9.37 Å². The van der Waals surface area contributed by atoms with Gasteiger partial charge in [0.2, 0.25) is 5.91 Å². The number of likely N-dealkylation sites (N-methyl/N-ethyl adjacent to an activating group) is 1. The number of hydrogen-bond acceptors (Lipinski definition) is 5. The van der Waals surface area contributed by atoms with E-state index >= 15 is 0 Å². The highest BCUT2D eigenvalue weighted by Crippen LogP contribution is 2.28.